The summed E-state index contributed by atoms with van der Waals surface area (Å²) in [4.78, 5) is 2.57. The van der Waals surface area contributed by atoms with Crippen LogP contribution in [0.25, 0.3) is 0 Å². The van der Waals surface area contributed by atoms with Crippen LogP contribution in [0.1, 0.15) is 51.1 Å². The lowest BCUT2D eigenvalue weighted by Crippen LogP contribution is -2.42. The van der Waals surface area contributed by atoms with Crippen molar-refractivity contribution in [2.75, 3.05) is 19.6 Å². The number of nitrogens with zero attached hydrogens (tertiary/aromatic N) is 1. The molecule has 0 aromatic heterocycles. The minimum absolute atomic E-state index is 0.287. The van der Waals surface area contributed by atoms with Gasteiger partial charge < -0.3 is 10.2 Å². The topological polar surface area (TPSA) is 15.3 Å². The minimum atomic E-state index is 0.287. The Bertz CT molecular complexity index is 444. The van der Waals surface area contributed by atoms with E-state index in [9.17, 15) is 0 Å². The van der Waals surface area contributed by atoms with Crippen LogP contribution in [0.15, 0.2) is 18.2 Å². The Kier molecular flexibility index (Phi) is 6.81. The minimum Gasteiger partial charge on any atom is -0.306 e. The smallest absolute Gasteiger partial charge is 0.0468 e. The summed E-state index contributed by atoms with van der Waals surface area (Å²) >= 11 is 12.3. The third-order valence-corrected chi connectivity index (χ3v) is 4.78. The predicted octanol–water partition coefficient (Wildman–Crippen LogP) is 4.91. The van der Waals surface area contributed by atoms with E-state index in [2.05, 4.69) is 24.1 Å². The summed E-state index contributed by atoms with van der Waals surface area (Å²) in [6.45, 7) is 8.05. The molecule has 0 bridgehead atoms. The van der Waals surface area contributed by atoms with Crippen LogP contribution in [0, 0.1) is 0 Å². The number of likely N-dealkylation sites (tertiary alicyclic amines) is 1. The molecular weight excluding hydrogens is 303 g/mol. The summed E-state index contributed by atoms with van der Waals surface area (Å²) in [6.07, 6.45) is 5.09. The fourth-order valence-corrected chi connectivity index (χ4v) is 3.68. The van der Waals surface area contributed by atoms with E-state index in [0.717, 1.165) is 23.6 Å². The summed E-state index contributed by atoms with van der Waals surface area (Å²) in [5.41, 5.74) is 1.15. The zero-order chi connectivity index (χ0) is 15.2. The van der Waals surface area contributed by atoms with Crippen molar-refractivity contribution in [1.29, 1.82) is 0 Å². The second-order valence-electron chi connectivity index (χ2n) is 6.06. The van der Waals surface area contributed by atoms with Crippen molar-refractivity contribution in [3.63, 3.8) is 0 Å². The maximum Gasteiger partial charge on any atom is 0.0468 e. The monoisotopic (exact) mass is 328 g/mol. The van der Waals surface area contributed by atoms with E-state index in [1.165, 1.54) is 32.4 Å². The van der Waals surface area contributed by atoms with E-state index >= 15 is 0 Å². The van der Waals surface area contributed by atoms with Gasteiger partial charge in [-0.05, 0) is 57.0 Å². The number of benzene rings is 1. The quantitative estimate of drug-likeness (QED) is 0.798. The lowest BCUT2D eigenvalue weighted by atomic mass is 10.0. The first kappa shape index (κ1) is 17.1. The Balaban J connectivity index is 1.94. The molecule has 1 fully saturated rings. The highest BCUT2D eigenvalue weighted by molar-refractivity contribution is 6.35. The van der Waals surface area contributed by atoms with Gasteiger partial charge in [-0.3, -0.25) is 0 Å². The number of piperidine rings is 1. The molecule has 1 aliphatic rings. The molecule has 1 saturated heterocycles. The van der Waals surface area contributed by atoms with Gasteiger partial charge in [0.2, 0.25) is 0 Å². The van der Waals surface area contributed by atoms with E-state index in [0.29, 0.717) is 11.1 Å². The van der Waals surface area contributed by atoms with E-state index in [4.69, 9.17) is 23.2 Å². The van der Waals surface area contributed by atoms with Crippen molar-refractivity contribution in [3.8, 4) is 0 Å². The van der Waals surface area contributed by atoms with Gasteiger partial charge in [0.25, 0.3) is 0 Å². The molecule has 0 aliphatic carbocycles. The highest BCUT2D eigenvalue weighted by atomic mass is 35.5. The van der Waals surface area contributed by atoms with Crippen LogP contribution in [0.2, 0.25) is 10.0 Å². The molecule has 0 spiro atoms. The van der Waals surface area contributed by atoms with E-state index in [1.54, 1.807) is 0 Å². The molecule has 0 amide bonds. The van der Waals surface area contributed by atoms with Crippen LogP contribution in [-0.4, -0.2) is 30.6 Å². The molecule has 1 aromatic carbocycles. The molecule has 21 heavy (non-hydrogen) atoms. The first-order chi connectivity index (χ1) is 10.1. The van der Waals surface area contributed by atoms with Gasteiger partial charge in [-0.25, -0.2) is 0 Å². The second-order valence-corrected chi connectivity index (χ2v) is 6.90. The zero-order valence-corrected chi connectivity index (χ0v) is 14.6. The third-order valence-electron chi connectivity index (χ3n) is 4.21. The van der Waals surface area contributed by atoms with Gasteiger partial charge in [-0.2, -0.15) is 0 Å². The van der Waals surface area contributed by atoms with Crippen LogP contribution in [0.3, 0.4) is 0 Å². The standard InChI is InChI=1S/C17H26Cl2N2/c1-3-17(15-8-7-14(18)11-16(15)19)20-13(2)12-21-9-5-4-6-10-21/h7-8,11,13,17,20H,3-6,9-10,12H2,1-2H3. The maximum absolute atomic E-state index is 6.34. The van der Waals surface area contributed by atoms with Gasteiger partial charge in [0.05, 0.1) is 0 Å². The van der Waals surface area contributed by atoms with Crippen molar-refractivity contribution in [2.24, 2.45) is 0 Å². The first-order valence-electron chi connectivity index (χ1n) is 8.03. The number of halogens is 2. The Morgan fingerprint density at radius 2 is 1.90 bits per heavy atom. The molecule has 0 saturated carbocycles. The molecule has 0 radical (unpaired) electrons. The Labute approximate surface area is 138 Å². The highest BCUT2D eigenvalue weighted by Gasteiger charge is 2.18. The van der Waals surface area contributed by atoms with Gasteiger partial charge in [0.1, 0.15) is 0 Å². The van der Waals surface area contributed by atoms with Gasteiger partial charge in [-0.1, -0.05) is 42.6 Å². The van der Waals surface area contributed by atoms with Crippen molar-refractivity contribution in [1.82, 2.24) is 10.2 Å². The lowest BCUT2D eigenvalue weighted by Gasteiger charge is -2.31. The van der Waals surface area contributed by atoms with Crippen molar-refractivity contribution in [2.45, 2.75) is 51.6 Å². The number of rotatable bonds is 6. The molecule has 4 heteroatoms. The van der Waals surface area contributed by atoms with Gasteiger partial charge >= 0.3 is 0 Å². The average Bonchev–Trinajstić information content (AvgIpc) is 2.46. The van der Waals surface area contributed by atoms with Crippen LogP contribution in [0.5, 0.6) is 0 Å². The van der Waals surface area contributed by atoms with Gasteiger partial charge in [0, 0.05) is 28.7 Å². The number of hydrogen-bond donors (Lipinski definition) is 1. The van der Waals surface area contributed by atoms with Gasteiger partial charge in [0.15, 0.2) is 0 Å². The summed E-state index contributed by atoms with van der Waals surface area (Å²) < 4.78 is 0. The normalized spacial score (nSPS) is 19.4. The van der Waals surface area contributed by atoms with E-state index in [1.807, 2.05) is 18.2 Å². The third kappa shape index (κ3) is 5.14. The van der Waals surface area contributed by atoms with Crippen LogP contribution in [0.4, 0.5) is 0 Å². The Morgan fingerprint density at radius 1 is 1.19 bits per heavy atom. The molecule has 2 atom stereocenters. The average molecular weight is 329 g/mol. The first-order valence-corrected chi connectivity index (χ1v) is 8.79. The molecule has 1 aromatic rings. The predicted molar refractivity (Wildman–Crippen MR) is 92.4 cm³/mol. The molecule has 1 aliphatic heterocycles. The van der Waals surface area contributed by atoms with Crippen molar-refractivity contribution in [3.05, 3.63) is 33.8 Å². The van der Waals surface area contributed by atoms with Crippen LogP contribution < -0.4 is 5.32 Å². The molecule has 118 valence electrons. The maximum atomic E-state index is 6.34. The molecule has 1 heterocycles. The van der Waals surface area contributed by atoms with Gasteiger partial charge in [-0.15, -0.1) is 0 Å². The molecule has 1 N–H and O–H groups in total. The van der Waals surface area contributed by atoms with E-state index < -0.39 is 0 Å². The van der Waals surface area contributed by atoms with Crippen molar-refractivity contribution < 1.29 is 0 Å². The summed E-state index contributed by atoms with van der Waals surface area (Å²) in [5, 5.41) is 5.17. The fourth-order valence-electron chi connectivity index (χ4n) is 3.14. The molecular formula is C17H26Cl2N2. The fraction of sp³-hybridized carbons (Fsp3) is 0.647. The zero-order valence-electron chi connectivity index (χ0n) is 13.0. The molecule has 2 unspecified atom stereocenters. The second kappa shape index (κ2) is 8.38. The van der Waals surface area contributed by atoms with Crippen molar-refractivity contribution >= 4 is 23.2 Å². The summed E-state index contributed by atoms with van der Waals surface area (Å²) in [6, 6.07) is 6.54. The Hall–Kier alpha value is -0.280. The molecule has 2 rings (SSSR count). The molecule has 2 nitrogen and oxygen atoms in total. The number of nitrogens with one attached hydrogen (secondary N) is 1. The summed E-state index contributed by atoms with van der Waals surface area (Å²) in [5.74, 6) is 0. The van der Waals surface area contributed by atoms with Crippen LogP contribution >= 0.6 is 23.2 Å². The summed E-state index contributed by atoms with van der Waals surface area (Å²) in [7, 11) is 0. The number of hydrogen-bond acceptors (Lipinski definition) is 2. The Morgan fingerprint density at radius 3 is 2.52 bits per heavy atom. The highest BCUT2D eigenvalue weighted by Crippen LogP contribution is 2.28. The van der Waals surface area contributed by atoms with Crippen LogP contribution in [-0.2, 0) is 0 Å². The SMILES string of the molecule is CCC(NC(C)CN1CCCCC1)c1ccc(Cl)cc1Cl. The van der Waals surface area contributed by atoms with E-state index in [-0.39, 0.29) is 6.04 Å². The lowest BCUT2D eigenvalue weighted by molar-refractivity contribution is 0.203. The largest absolute Gasteiger partial charge is 0.306 e.